The highest BCUT2D eigenvalue weighted by molar-refractivity contribution is 5.20. The van der Waals surface area contributed by atoms with Gasteiger partial charge < -0.3 is 4.74 Å². The molecule has 0 bridgehead atoms. The summed E-state index contributed by atoms with van der Waals surface area (Å²) in [6.07, 6.45) is 8.60. The topological polar surface area (TPSA) is 47.4 Å². The van der Waals surface area contributed by atoms with Gasteiger partial charge in [0.1, 0.15) is 0 Å². The molecule has 3 heterocycles. The third kappa shape index (κ3) is 3.50. The molecule has 1 aromatic heterocycles. The minimum absolute atomic E-state index is 0.0831. The van der Waals surface area contributed by atoms with Crippen LogP contribution >= 0.6 is 0 Å². The first-order chi connectivity index (χ1) is 11.3. The summed E-state index contributed by atoms with van der Waals surface area (Å²) in [4.78, 5) is 14.7. The van der Waals surface area contributed by atoms with Gasteiger partial charge in [-0.3, -0.25) is 9.69 Å². The number of likely N-dealkylation sites (tertiary alicyclic amines) is 1. The molecule has 5 heteroatoms. The lowest BCUT2D eigenvalue weighted by molar-refractivity contribution is -0.0323. The molecule has 1 atom stereocenters. The van der Waals surface area contributed by atoms with E-state index in [-0.39, 0.29) is 5.56 Å². The van der Waals surface area contributed by atoms with Crippen LogP contribution in [0.5, 0.6) is 0 Å². The zero-order valence-corrected chi connectivity index (χ0v) is 13.9. The van der Waals surface area contributed by atoms with Crippen molar-refractivity contribution < 1.29 is 4.74 Å². The van der Waals surface area contributed by atoms with Gasteiger partial charge in [-0.25, -0.2) is 4.68 Å². The molecule has 23 heavy (non-hydrogen) atoms. The fraction of sp³-hybridized carbons (Fsp3) is 0.778. The molecule has 0 aromatic carbocycles. The summed E-state index contributed by atoms with van der Waals surface area (Å²) in [5.41, 5.74) is 2.42. The Morgan fingerprint density at radius 1 is 1.13 bits per heavy atom. The molecule has 4 rings (SSSR count). The van der Waals surface area contributed by atoms with E-state index in [9.17, 15) is 4.79 Å². The Morgan fingerprint density at radius 2 is 2.00 bits per heavy atom. The lowest BCUT2D eigenvalue weighted by atomic mass is 9.96. The van der Waals surface area contributed by atoms with Crippen LogP contribution in [0.15, 0.2) is 10.9 Å². The highest BCUT2D eigenvalue weighted by Gasteiger charge is 2.30. The van der Waals surface area contributed by atoms with Gasteiger partial charge in [0.2, 0.25) is 0 Å². The van der Waals surface area contributed by atoms with Crippen molar-refractivity contribution in [2.24, 2.45) is 5.92 Å². The Morgan fingerprint density at radius 3 is 2.83 bits per heavy atom. The number of nitrogens with zero attached hydrogens (tertiary/aromatic N) is 3. The van der Waals surface area contributed by atoms with Crippen LogP contribution in [0.4, 0.5) is 0 Å². The number of fused-ring (bicyclic) bond motifs is 1. The van der Waals surface area contributed by atoms with Crippen molar-refractivity contribution in [3.05, 3.63) is 27.7 Å². The first-order valence-corrected chi connectivity index (χ1v) is 9.22. The Bertz CT molecular complexity index is 601. The van der Waals surface area contributed by atoms with Crippen LogP contribution in [-0.2, 0) is 24.1 Å². The SMILES string of the molecule is O=c1cc2c(nn1CC1CN(CC3CCCCO3)C1)CCCC2. The molecule has 5 nitrogen and oxygen atoms in total. The molecule has 0 saturated carbocycles. The molecule has 126 valence electrons. The summed E-state index contributed by atoms with van der Waals surface area (Å²) in [6, 6.07) is 1.83. The minimum atomic E-state index is 0.0831. The van der Waals surface area contributed by atoms with Gasteiger partial charge in [-0.1, -0.05) is 0 Å². The first-order valence-electron chi connectivity index (χ1n) is 9.22. The highest BCUT2D eigenvalue weighted by atomic mass is 16.5. The second kappa shape index (κ2) is 6.73. The van der Waals surface area contributed by atoms with Crippen LogP contribution in [0.2, 0.25) is 0 Å². The Hall–Kier alpha value is -1.20. The zero-order chi connectivity index (χ0) is 15.6. The average Bonchev–Trinajstić information content (AvgIpc) is 2.54. The summed E-state index contributed by atoms with van der Waals surface area (Å²) in [5.74, 6) is 0.561. The van der Waals surface area contributed by atoms with Gasteiger partial charge in [0, 0.05) is 38.2 Å². The van der Waals surface area contributed by atoms with Crippen LogP contribution in [0.3, 0.4) is 0 Å². The van der Waals surface area contributed by atoms with E-state index < -0.39 is 0 Å². The summed E-state index contributed by atoms with van der Waals surface area (Å²) in [6.45, 7) is 4.91. The van der Waals surface area contributed by atoms with Gasteiger partial charge in [0.15, 0.2) is 0 Å². The van der Waals surface area contributed by atoms with Crippen molar-refractivity contribution in [1.82, 2.24) is 14.7 Å². The second-order valence-electron chi connectivity index (χ2n) is 7.42. The highest BCUT2D eigenvalue weighted by Crippen LogP contribution is 2.22. The van der Waals surface area contributed by atoms with Gasteiger partial charge >= 0.3 is 0 Å². The lowest BCUT2D eigenvalue weighted by Gasteiger charge is -2.41. The Labute approximate surface area is 137 Å². The standard InChI is InChI=1S/C18H27N3O2/c22-18-9-15-5-1-2-7-17(15)19-21(18)12-14-10-20(11-14)13-16-6-3-4-8-23-16/h9,14,16H,1-8,10-13H2. The number of hydrogen-bond acceptors (Lipinski definition) is 4. The Kier molecular flexibility index (Phi) is 4.49. The Balaban J connectivity index is 1.31. The molecule has 3 aliphatic rings. The van der Waals surface area contributed by atoms with E-state index in [4.69, 9.17) is 4.74 Å². The van der Waals surface area contributed by atoms with Crippen LogP contribution in [-0.4, -0.2) is 47.0 Å². The van der Waals surface area contributed by atoms with Crippen molar-refractivity contribution >= 4 is 0 Å². The molecular formula is C18H27N3O2. The summed E-state index contributed by atoms with van der Waals surface area (Å²) < 4.78 is 7.52. The third-order valence-corrected chi connectivity index (χ3v) is 5.47. The van der Waals surface area contributed by atoms with E-state index in [0.717, 1.165) is 51.3 Å². The number of aryl methyl sites for hydroxylation is 2. The van der Waals surface area contributed by atoms with Crippen molar-refractivity contribution in [2.45, 2.75) is 57.6 Å². The van der Waals surface area contributed by atoms with Crippen molar-refractivity contribution in [3.63, 3.8) is 0 Å². The number of aromatic nitrogens is 2. The molecule has 0 amide bonds. The first kappa shape index (κ1) is 15.3. The molecule has 2 aliphatic heterocycles. The molecule has 1 unspecified atom stereocenters. The molecule has 0 N–H and O–H groups in total. The fourth-order valence-electron chi connectivity index (χ4n) is 4.16. The molecule has 1 aromatic rings. The fourth-order valence-corrected chi connectivity index (χ4v) is 4.16. The van der Waals surface area contributed by atoms with Crippen LogP contribution in [0.1, 0.15) is 43.4 Å². The predicted molar refractivity (Wildman–Crippen MR) is 88.7 cm³/mol. The van der Waals surface area contributed by atoms with Crippen LogP contribution < -0.4 is 5.56 Å². The lowest BCUT2D eigenvalue weighted by Crippen LogP contribution is -2.52. The van der Waals surface area contributed by atoms with Crippen molar-refractivity contribution in [3.8, 4) is 0 Å². The predicted octanol–water partition coefficient (Wildman–Crippen LogP) is 1.62. The number of hydrogen-bond donors (Lipinski definition) is 0. The number of rotatable bonds is 4. The van der Waals surface area contributed by atoms with Crippen LogP contribution in [0.25, 0.3) is 0 Å². The van der Waals surface area contributed by atoms with E-state index in [1.165, 1.54) is 37.7 Å². The molecule has 0 spiro atoms. The van der Waals surface area contributed by atoms with E-state index in [1.54, 1.807) is 4.68 Å². The normalized spacial score (nSPS) is 25.8. The smallest absolute Gasteiger partial charge is 0.267 e. The van der Waals surface area contributed by atoms with Gasteiger partial charge in [-0.2, -0.15) is 5.10 Å². The molecule has 0 radical (unpaired) electrons. The summed E-state index contributed by atoms with van der Waals surface area (Å²) >= 11 is 0. The molecular weight excluding hydrogens is 290 g/mol. The third-order valence-electron chi connectivity index (χ3n) is 5.47. The van der Waals surface area contributed by atoms with Gasteiger partial charge in [0.25, 0.3) is 5.56 Å². The second-order valence-corrected chi connectivity index (χ2v) is 7.42. The van der Waals surface area contributed by atoms with E-state index in [2.05, 4.69) is 10.00 Å². The summed E-state index contributed by atoms with van der Waals surface area (Å²) in [7, 11) is 0. The van der Waals surface area contributed by atoms with Gasteiger partial charge in [-0.05, 0) is 50.5 Å². The zero-order valence-electron chi connectivity index (χ0n) is 13.9. The van der Waals surface area contributed by atoms with Gasteiger partial charge in [-0.15, -0.1) is 0 Å². The van der Waals surface area contributed by atoms with E-state index in [0.29, 0.717) is 12.0 Å². The van der Waals surface area contributed by atoms with Crippen LogP contribution in [0, 0.1) is 5.92 Å². The monoisotopic (exact) mass is 317 g/mol. The van der Waals surface area contributed by atoms with E-state index in [1.807, 2.05) is 6.07 Å². The van der Waals surface area contributed by atoms with Crippen molar-refractivity contribution in [1.29, 1.82) is 0 Å². The number of ether oxygens (including phenoxy) is 1. The largest absolute Gasteiger partial charge is 0.377 e. The summed E-state index contributed by atoms with van der Waals surface area (Å²) in [5, 5.41) is 4.64. The van der Waals surface area contributed by atoms with Gasteiger partial charge in [0.05, 0.1) is 18.3 Å². The maximum absolute atomic E-state index is 12.2. The maximum atomic E-state index is 12.2. The minimum Gasteiger partial charge on any atom is -0.377 e. The molecule has 2 fully saturated rings. The molecule has 2 saturated heterocycles. The van der Waals surface area contributed by atoms with Crippen molar-refractivity contribution in [2.75, 3.05) is 26.2 Å². The average molecular weight is 317 g/mol. The maximum Gasteiger partial charge on any atom is 0.267 e. The quantitative estimate of drug-likeness (QED) is 0.847. The van der Waals surface area contributed by atoms with E-state index >= 15 is 0 Å². The molecule has 1 aliphatic carbocycles.